The van der Waals surface area contributed by atoms with Crippen LogP contribution in [-0.4, -0.2) is 42.0 Å². The molecule has 5 nitrogen and oxygen atoms in total. The Hall–Kier alpha value is -1.61. The number of halogens is 1. The van der Waals surface area contributed by atoms with Crippen molar-refractivity contribution in [2.45, 2.75) is 25.7 Å². The van der Waals surface area contributed by atoms with E-state index in [1.165, 1.54) is 6.42 Å². The highest BCUT2D eigenvalue weighted by Crippen LogP contribution is 2.28. The first-order chi connectivity index (χ1) is 10.7. The molecule has 3 heterocycles. The van der Waals surface area contributed by atoms with Gasteiger partial charge in [-0.3, -0.25) is 4.79 Å². The Kier molecular flexibility index (Phi) is 4.63. The molecule has 116 valence electrons. The van der Waals surface area contributed by atoms with E-state index in [0.717, 1.165) is 43.4 Å². The van der Waals surface area contributed by atoms with Gasteiger partial charge < -0.3 is 9.80 Å². The Bertz CT molecular complexity index is 607. The molecule has 1 atom stereocenters. The fourth-order valence-corrected chi connectivity index (χ4v) is 3.62. The molecule has 0 N–H and O–H groups in total. The minimum atomic E-state index is 0.0371. The number of carbonyl (C=O) groups is 1. The predicted octanol–water partition coefficient (Wildman–Crippen LogP) is 2.55. The minimum absolute atomic E-state index is 0.0371. The Morgan fingerprint density at radius 1 is 1.32 bits per heavy atom. The molecule has 0 spiro atoms. The van der Waals surface area contributed by atoms with E-state index < -0.39 is 0 Å². The summed E-state index contributed by atoms with van der Waals surface area (Å²) in [4.78, 5) is 21.0. The molecule has 0 aromatic carbocycles. The number of hydrogen-bond acceptors (Lipinski definition) is 4. The standard InChI is InChI=1S/C16H19BrN4O/c17-14-8-13(9-18)15(19-10-14)21-7-4-12(11-21)16(22)20-5-2-1-3-6-20/h8,10,12H,1-7,11H2. The normalized spacial score (nSPS) is 21.7. The van der Waals surface area contributed by atoms with Gasteiger partial charge in [-0.15, -0.1) is 0 Å². The van der Waals surface area contributed by atoms with Crippen LogP contribution in [0.3, 0.4) is 0 Å². The number of rotatable bonds is 2. The number of carbonyl (C=O) groups excluding carboxylic acids is 1. The lowest BCUT2D eigenvalue weighted by Gasteiger charge is -2.29. The van der Waals surface area contributed by atoms with Crippen LogP contribution >= 0.6 is 15.9 Å². The van der Waals surface area contributed by atoms with Gasteiger partial charge in [0.05, 0.1) is 11.5 Å². The lowest BCUT2D eigenvalue weighted by atomic mass is 10.0. The fraction of sp³-hybridized carbons (Fsp3) is 0.562. The zero-order chi connectivity index (χ0) is 15.5. The third-order valence-electron chi connectivity index (χ3n) is 4.46. The number of aromatic nitrogens is 1. The highest BCUT2D eigenvalue weighted by atomic mass is 79.9. The van der Waals surface area contributed by atoms with Crippen LogP contribution in [0.1, 0.15) is 31.2 Å². The summed E-state index contributed by atoms with van der Waals surface area (Å²) in [5.74, 6) is 1.01. The van der Waals surface area contributed by atoms with Crippen LogP contribution in [0.25, 0.3) is 0 Å². The van der Waals surface area contributed by atoms with Crippen molar-refractivity contribution in [3.8, 4) is 6.07 Å². The highest BCUT2D eigenvalue weighted by molar-refractivity contribution is 9.10. The maximum absolute atomic E-state index is 12.6. The van der Waals surface area contributed by atoms with E-state index in [2.05, 4.69) is 31.9 Å². The Morgan fingerprint density at radius 3 is 2.82 bits per heavy atom. The lowest BCUT2D eigenvalue weighted by Crippen LogP contribution is -2.40. The largest absolute Gasteiger partial charge is 0.355 e. The number of pyridine rings is 1. The number of anilines is 1. The van der Waals surface area contributed by atoms with Crippen molar-refractivity contribution in [2.24, 2.45) is 5.92 Å². The first-order valence-electron chi connectivity index (χ1n) is 7.78. The summed E-state index contributed by atoms with van der Waals surface area (Å²) < 4.78 is 0.799. The second-order valence-electron chi connectivity index (χ2n) is 5.95. The second-order valence-corrected chi connectivity index (χ2v) is 6.87. The Balaban J connectivity index is 1.70. The van der Waals surface area contributed by atoms with E-state index in [9.17, 15) is 10.1 Å². The number of likely N-dealkylation sites (tertiary alicyclic amines) is 1. The van der Waals surface area contributed by atoms with Crippen LogP contribution in [0, 0.1) is 17.2 Å². The van der Waals surface area contributed by atoms with Gasteiger partial charge >= 0.3 is 0 Å². The van der Waals surface area contributed by atoms with Crippen LogP contribution in [0.5, 0.6) is 0 Å². The SMILES string of the molecule is N#Cc1cc(Br)cnc1N1CCC(C(=O)N2CCCCC2)C1. The van der Waals surface area contributed by atoms with E-state index in [-0.39, 0.29) is 11.8 Å². The molecule has 2 aliphatic heterocycles. The van der Waals surface area contributed by atoms with Crippen LogP contribution < -0.4 is 4.90 Å². The first-order valence-corrected chi connectivity index (χ1v) is 8.57. The van der Waals surface area contributed by atoms with Crippen molar-refractivity contribution in [3.05, 3.63) is 22.3 Å². The molecule has 1 amide bonds. The van der Waals surface area contributed by atoms with Crippen molar-refractivity contribution < 1.29 is 4.79 Å². The summed E-state index contributed by atoms with van der Waals surface area (Å²) in [7, 11) is 0. The zero-order valence-corrected chi connectivity index (χ0v) is 14.0. The summed E-state index contributed by atoms with van der Waals surface area (Å²) >= 11 is 3.34. The molecule has 1 aromatic heterocycles. The quantitative estimate of drug-likeness (QED) is 0.810. The molecule has 0 bridgehead atoms. The van der Waals surface area contributed by atoms with Gasteiger partial charge in [0.25, 0.3) is 0 Å². The molecule has 6 heteroatoms. The molecule has 2 fully saturated rings. The number of nitrogens with zero attached hydrogens (tertiary/aromatic N) is 4. The van der Waals surface area contributed by atoms with Crippen molar-refractivity contribution in [1.82, 2.24) is 9.88 Å². The fourth-order valence-electron chi connectivity index (χ4n) is 3.29. The molecular formula is C16H19BrN4O. The maximum atomic E-state index is 12.6. The average molecular weight is 363 g/mol. The van der Waals surface area contributed by atoms with Crippen LogP contribution in [0.15, 0.2) is 16.7 Å². The van der Waals surface area contributed by atoms with Crippen LogP contribution in [-0.2, 0) is 4.79 Å². The van der Waals surface area contributed by atoms with Crippen LogP contribution in [0.4, 0.5) is 5.82 Å². The van der Waals surface area contributed by atoms with Crippen molar-refractivity contribution in [1.29, 1.82) is 5.26 Å². The van der Waals surface area contributed by atoms with Gasteiger partial charge in [-0.2, -0.15) is 5.26 Å². The molecule has 0 aliphatic carbocycles. The highest BCUT2D eigenvalue weighted by Gasteiger charge is 2.33. The molecule has 1 aromatic rings. The monoisotopic (exact) mass is 362 g/mol. The first kappa shape index (κ1) is 15.3. The molecule has 22 heavy (non-hydrogen) atoms. The smallest absolute Gasteiger partial charge is 0.227 e. The van der Waals surface area contributed by atoms with Crippen molar-refractivity contribution >= 4 is 27.7 Å². The molecule has 1 unspecified atom stereocenters. The van der Waals surface area contributed by atoms with Crippen LogP contribution in [0.2, 0.25) is 0 Å². The third-order valence-corrected chi connectivity index (χ3v) is 4.89. The Labute approximate surface area is 139 Å². The summed E-state index contributed by atoms with van der Waals surface area (Å²) in [6.07, 6.45) is 6.02. The van der Waals surface area contributed by atoms with Crippen molar-refractivity contribution in [2.75, 3.05) is 31.1 Å². The van der Waals surface area contributed by atoms with E-state index in [0.29, 0.717) is 17.9 Å². The van der Waals surface area contributed by atoms with E-state index in [1.807, 2.05) is 4.90 Å². The van der Waals surface area contributed by atoms with Gasteiger partial charge in [-0.1, -0.05) is 0 Å². The third kappa shape index (κ3) is 3.09. The molecule has 3 rings (SSSR count). The number of hydrogen-bond donors (Lipinski definition) is 0. The maximum Gasteiger partial charge on any atom is 0.227 e. The van der Waals surface area contributed by atoms with Gasteiger partial charge in [-0.25, -0.2) is 4.98 Å². The number of amides is 1. The lowest BCUT2D eigenvalue weighted by molar-refractivity contribution is -0.135. The Morgan fingerprint density at radius 2 is 2.09 bits per heavy atom. The molecule has 2 saturated heterocycles. The van der Waals surface area contributed by atoms with E-state index in [1.54, 1.807) is 12.3 Å². The molecule has 2 aliphatic rings. The predicted molar refractivity (Wildman–Crippen MR) is 87.4 cm³/mol. The second kappa shape index (κ2) is 6.66. The summed E-state index contributed by atoms with van der Waals surface area (Å²) in [6.45, 7) is 3.25. The molecule has 0 radical (unpaired) electrons. The van der Waals surface area contributed by atoms with Crippen molar-refractivity contribution in [3.63, 3.8) is 0 Å². The summed E-state index contributed by atoms with van der Waals surface area (Å²) in [6, 6.07) is 3.97. The number of piperidine rings is 1. The minimum Gasteiger partial charge on any atom is -0.355 e. The average Bonchev–Trinajstić information content (AvgIpc) is 3.04. The zero-order valence-electron chi connectivity index (χ0n) is 12.5. The van der Waals surface area contributed by atoms with Gasteiger partial charge in [0, 0.05) is 36.8 Å². The topological polar surface area (TPSA) is 60.2 Å². The van der Waals surface area contributed by atoms with Gasteiger partial charge in [0.2, 0.25) is 5.91 Å². The molecular weight excluding hydrogens is 344 g/mol. The van der Waals surface area contributed by atoms with E-state index >= 15 is 0 Å². The molecule has 0 saturated carbocycles. The summed E-state index contributed by atoms with van der Waals surface area (Å²) in [5, 5.41) is 9.27. The van der Waals surface area contributed by atoms with Gasteiger partial charge in [0.1, 0.15) is 11.9 Å². The van der Waals surface area contributed by atoms with Gasteiger partial charge in [-0.05, 0) is 47.7 Å². The van der Waals surface area contributed by atoms with E-state index in [4.69, 9.17) is 0 Å². The number of nitriles is 1. The van der Waals surface area contributed by atoms with Gasteiger partial charge in [0.15, 0.2) is 0 Å². The summed E-state index contributed by atoms with van der Waals surface area (Å²) in [5.41, 5.74) is 0.556.